The van der Waals surface area contributed by atoms with E-state index in [-0.39, 0.29) is 17.2 Å². The second kappa shape index (κ2) is 8.20. The van der Waals surface area contributed by atoms with Crippen LogP contribution in [0, 0.1) is 17.0 Å². The lowest BCUT2D eigenvalue weighted by Gasteiger charge is -2.05. The van der Waals surface area contributed by atoms with Crippen molar-refractivity contribution in [3.63, 3.8) is 0 Å². The van der Waals surface area contributed by atoms with Gasteiger partial charge in [0.25, 0.3) is 16.8 Å². The summed E-state index contributed by atoms with van der Waals surface area (Å²) in [6.45, 7) is 1.83. The van der Waals surface area contributed by atoms with Gasteiger partial charge in [-0.05, 0) is 24.6 Å². The fourth-order valence-electron chi connectivity index (χ4n) is 2.22. The standard InChI is InChI=1S/C17H14ClN3O4S/c1-11-12(5-4-7-14(11)21(22)23)10-26-17-20-19-16(25-17)9-24-15-8-3-2-6-13(15)18/h2-8H,9-10H2,1H3. The monoisotopic (exact) mass is 391 g/mol. The second-order valence-corrected chi connectivity index (χ2v) is 6.62. The predicted molar refractivity (Wildman–Crippen MR) is 97.5 cm³/mol. The van der Waals surface area contributed by atoms with Gasteiger partial charge in [-0.2, -0.15) is 0 Å². The van der Waals surface area contributed by atoms with Crippen molar-refractivity contribution < 1.29 is 14.1 Å². The minimum atomic E-state index is -0.389. The lowest BCUT2D eigenvalue weighted by molar-refractivity contribution is -0.385. The third-order valence-corrected chi connectivity index (χ3v) is 4.78. The second-order valence-electron chi connectivity index (χ2n) is 5.29. The van der Waals surface area contributed by atoms with Crippen LogP contribution in [0.15, 0.2) is 52.1 Å². The molecule has 0 amide bonds. The topological polar surface area (TPSA) is 91.3 Å². The number of nitrogens with zero attached hydrogens (tertiary/aromatic N) is 3. The van der Waals surface area contributed by atoms with E-state index < -0.39 is 0 Å². The molecule has 134 valence electrons. The third-order valence-electron chi connectivity index (χ3n) is 3.60. The first kappa shape index (κ1) is 18.2. The molecule has 0 saturated carbocycles. The zero-order valence-electron chi connectivity index (χ0n) is 13.7. The van der Waals surface area contributed by atoms with E-state index in [9.17, 15) is 10.1 Å². The Kier molecular flexibility index (Phi) is 5.75. The largest absolute Gasteiger partial charge is 0.482 e. The van der Waals surface area contributed by atoms with Crippen molar-refractivity contribution in [2.24, 2.45) is 0 Å². The van der Waals surface area contributed by atoms with E-state index in [1.54, 1.807) is 25.1 Å². The zero-order valence-corrected chi connectivity index (χ0v) is 15.3. The van der Waals surface area contributed by atoms with Crippen molar-refractivity contribution >= 4 is 29.1 Å². The maximum atomic E-state index is 11.0. The molecular weight excluding hydrogens is 378 g/mol. The van der Waals surface area contributed by atoms with E-state index in [2.05, 4.69) is 10.2 Å². The average molecular weight is 392 g/mol. The Morgan fingerprint density at radius 1 is 1.23 bits per heavy atom. The summed E-state index contributed by atoms with van der Waals surface area (Å²) in [6.07, 6.45) is 0. The van der Waals surface area contributed by atoms with Gasteiger partial charge in [0.05, 0.1) is 9.95 Å². The minimum absolute atomic E-state index is 0.0995. The quantitative estimate of drug-likeness (QED) is 0.324. The van der Waals surface area contributed by atoms with Crippen LogP contribution in [0.4, 0.5) is 5.69 Å². The number of ether oxygens (including phenoxy) is 1. The fraction of sp³-hybridized carbons (Fsp3) is 0.176. The van der Waals surface area contributed by atoms with Gasteiger partial charge in [0.2, 0.25) is 0 Å². The Morgan fingerprint density at radius 2 is 2.04 bits per heavy atom. The van der Waals surface area contributed by atoms with Gasteiger partial charge in [0, 0.05) is 17.4 Å². The molecule has 9 heteroatoms. The fourth-order valence-corrected chi connectivity index (χ4v) is 3.26. The van der Waals surface area contributed by atoms with Crippen molar-refractivity contribution in [1.82, 2.24) is 10.2 Å². The molecular formula is C17H14ClN3O4S. The molecule has 0 radical (unpaired) electrons. The van der Waals surface area contributed by atoms with Crippen LogP contribution >= 0.6 is 23.4 Å². The lowest BCUT2D eigenvalue weighted by Crippen LogP contribution is -1.96. The highest BCUT2D eigenvalue weighted by molar-refractivity contribution is 7.98. The maximum Gasteiger partial charge on any atom is 0.277 e. The van der Waals surface area contributed by atoms with Crippen molar-refractivity contribution in [3.8, 4) is 5.75 Å². The first-order valence-corrected chi connectivity index (χ1v) is 8.96. The summed E-state index contributed by atoms with van der Waals surface area (Å²) < 4.78 is 11.1. The van der Waals surface area contributed by atoms with Crippen LogP contribution in [-0.4, -0.2) is 15.1 Å². The smallest absolute Gasteiger partial charge is 0.277 e. The van der Waals surface area contributed by atoms with Gasteiger partial charge < -0.3 is 9.15 Å². The van der Waals surface area contributed by atoms with Crippen LogP contribution in [0.1, 0.15) is 17.0 Å². The Hall–Kier alpha value is -2.58. The highest BCUT2D eigenvalue weighted by Gasteiger charge is 2.15. The highest BCUT2D eigenvalue weighted by atomic mass is 35.5. The van der Waals surface area contributed by atoms with E-state index in [0.717, 1.165) is 5.56 Å². The summed E-state index contributed by atoms with van der Waals surface area (Å²) in [6, 6.07) is 12.1. The van der Waals surface area contributed by atoms with E-state index >= 15 is 0 Å². The number of rotatable bonds is 7. The van der Waals surface area contributed by atoms with Crippen molar-refractivity contribution in [2.45, 2.75) is 24.5 Å². The summed E-state index contributed by atoms with van der Waals surface area (Å²) in [7, 11) is 0. The number of benzene rings is 2. The molecule has 0 aliphatic rings. The van der Waals surface area contributed by atoms with E-state index in [1.165, 1.54) is 17.8 Å². The number of aromatic nitrogens is 2. The summed E-state index contributed by atoms with van der Waals surface area (Å²) >= 11 is 7.33. The van der Waals surface area contributed by atoms with E-state index in [4.69, 9.17) is 20.8 Å². The van der Waals surface area contributed by atoms with Crippen molar-refractivity contribution in [2.75, 3.05) is 0 Å². The maximum absolute atomic E-state index is 11.0. The summed E-state index contributed by atoms with van der Waals surface area (Å²) in [5, 5.41) is 19.8. The highest BCUT2D eigenvalue weighted by Crippen LogP contribution is 2.28. The van der Waals surface area contributed by atoms with Crippen LogP contribution in [0.3, 0.4) is 0 Å². The summed E-state index contributed by atoms with van der Waals surface area (Å²) in [5.41, 5.74) is 1.57. The molecule has 26 heavy (non-hydrogen) atoms. The van der Waals surface area contributed by atoms with E-state index in [1.807, 2.05) is 18.2 Å². The first-order chi connectivity index (χ1) is 12.5. The van der Waals surface area contributed by atoms with Crippen molar-refractivity contribution in [1.29, 1.82) is 0 Å². The van der Waals surface area contributed by atoms with Crippen molar-refractivity contribution in [3.05, 3.63) is 74.6 Å². The SMILES string of the molecule is Cc1c(CSc2nnc(COc3ccccc3Cl)o2)cccc1[N+](=O)[O-]. The van der Waals surface area contributed by atoms with E-state index in [0.29, 0.717) is 33.2 Å². The molecule has 1 aromatic heterocycles. The lowest BCUT2D eigenvalue weighted by atomic mass is 10.1. The summed E-state index contributed by atoms with van der Waals surface area (Å²) in [4.78, 5) is 10.6. The van der Waals surface area contributed by atoms with Crippen LogP contribution in [-0.2, 0) is 12.4 Å². The minimum Gasteiger partial charge on any atom is -0.482 e. The molecule has 0 N–H and O–H groups in total. The number of hydrogen-bond donors (Lipinski definition) is 0. The molecule has 0 spiro atoms. The van der Waals surface area contributed by atoms with Crippen LogP contribution in [0.25, 0.3) is 0 Å². The molecule has 1 heterocycles. The molecule has 2 aromatic carbocycles. The molecule has 7 nitrogen and oxygen atoms in total. The van der Waals surface area contributed by atoms with Crippen LogP contribution in [0.5, 0.6) is 5.75 Å². The Morgan fingerprint density at radius 3 is 2.81 bits per heavy atom. The first-order valence-electron chi connectivity index (χ1n) is 7.60. The molecule has 0 saturated heterocycles. The Balaban J connectivity index is 1.60. The van der Waals surface area contributed by atoms with Crippen LogP contribution in [0.2, 0.25) is 5.02 Å². The number of nitro benzene ring substituents is 1. The van der Waals surface area contributed by atoms with Gasteiger partial charge in [0.15, 0.2) is 6.61 Å². The van der Waals surface area contributed by atoms with Gasteiger partial charge in [-0.1, -0.05) is 47.6 Å². The molecule has 0 atom stereocenters. The molecule has 0 bridgehead atoms. The summed E-state index contributed by atoms with van der Waals surface area (Å²) in [5.74, 6) is 1.34. The molecule has 3 rings (SSSR count). The number of hydrogen-bond acceptors (Lipinski definition) is 7. The number of halogens is 1. The Bertz CT molecular complexity index is 932. The number of thioether (sulfide) groups is 1. The zero-order chi connectivity index (χ0) is 18.5. The number of nitro groups is 1. The van der Waals surface area contributed by atoms with Gasteiger partial charge in [-0.15, -0.1) is 10.2 Å². The Labute approximate surface area is 158 Å². The normalized spacial score (nSPS) is 10.7. The molecule has 0 aliphatic carbocycles. The molecule has 3 aromatic rings. The van der Waals surface area contributed by atoms with Crippen LogP contribution < -0.4 is 4.74 Å². The predicted octanol–water partition coefficient (Wildman–Crippen LogP) is 4.81. The van der Waals surface area contributed by atoms with Gasteiger partial charge in [-0.25, -0.2) is 0 Å². The molecule has 0 unspecified atom stereocenters. The average Bonchev–Trinajstić information content (AvgIpc) is 3.08. The third kappa shape index (κ3) is 4.33. The van der Waals surface area contributed by atoms with Gasteiger partial charge >= 0.3 is 0 Å². The molecule has 0 fully saturated rings. The number of para-hydroxylation sites is 1. The van der Waals surface area contributed by atoms with Gasteiger partial charge in [0.1, 0.15) is 5.75 Å². The van der Waals surface area contributed by atoms with Gasteiger partial charge in [-0.3, -0.25) is 10.1 Å². The molecule has 0 aliphatic heterocycles.